The van der Waals surface area contributed by atoms with Crippen LogP contribution in [-0.2, 0) is 16.9 Å². The molecule has 1 aromatic rings. The molecule has 1 aromatic carbocycles. The van der Waals surface area contributed by atoms with E-state index in [2.05, 4.69) is 24.4 Å². The second kappa shape index (κ2) is 5.80. The second-order valence-electron chi connectivity index (χ2n) is 5.17. The summed E-state index contributed by atoms with van der Waals surface area (Å²) >= 11 is 0. The van der Waals surface area contributed by atoms with Gasteiger partial charge in [0.05, 0.1) is 20.8 Å². The molecule has 1 aliphatic heterocycles. The first-order valence-electron chi connectivity index (χ1n) is 6.64. The van der Waals surface area contributed by atoms with Crippen LogP contribution in [0.5, 0.6) is 11.5 Å². The Morgan fingerprint density at radius 2 is 2.00 bits per heavy atom. The molecule has 1 aliphatic rings. The quantitative estimate of drug-likeness (QED) is 0.887. The lowest BCUT2D eigenvalue weighted by atomic mass is 9.89. The molecule has 1 heterocycles. The predicted molar refractivity (Wildman–Crippen MR) is 74.8 cm³/mol. The molecule has 2 rings (SSSR count). The van der Waals surface area contributed by atoms with Crippen LogP contribution >= 0.6 is 0 Å². The third kappa shape index (κ3) is 2.69. The molecule has 1 unspecified atom stereocenters. The zero-order valence-corrected chi connectivity index (χ0v) is 12.2. The number of hydrogen-bond donors (Lipinski definition) is 1. The van der Waals surface area contributed by atoms with E-state index in [0.29, 0.717) is 6.61 Å². The van der Waals surface area contributed by atoms with Gasteiger partial charge in [0.15, 0.2) is 11.5 Å². The maximum absolute atomic E-state index is 5.46. The van der Waals surface area contributed by atoms with E-state index in [-0.39, 0.29) is 5.54 Å². The highest BCUT2D eigenvalue weighted by Crippen LogP contribution is 2.39. The van der Waals surface area contributed by atoms with Gasteiger partial charge in [0.2, 0.25) is 0 Å². The van der Waals surface area contributed by atoms with Gasteiger partial charge in [0.1, 0.15) is 0 Å². The van der Waals surface area contributed by atoms with Crippen molar-refractivity contribution in [2.24, 2.45) is 0 Å². The Kier molecular flexibility index (Phi) is 4.32. The molecule has 1 fully saturated rings. The number of benzene rings is 1. The minimum Gasteiger partial charge on any atom is -0.493 e. The molecule has 0 radical (unpaired) electrons. The zero-order valence-electron chi connectivity index (χ0n) is 12.2. The van der Waals surface area contributed by atoms with Gasteiger partial charge in [-0.1, -0.05) is 0 Å². The summed E-state index contributed by atoms with van der Waals surface area (Å²) in [6.45, 7) is 3.81. The number of nitrogens with one attached hydrogen (secondary N) is 1. The topological polar surface area (TPSA) is 39.7 Å². The molecule has 1 N–H and O–H groups in total. The molecule has 4 nitrogen and oxygen atoms in total. The highest BCUT2D eigenvalue weighted by atomic mass is 16.5. The van der Waals surface area contributed by atoms with Crippen molar-refractivity contribution < 1.29 is 14.2 Å². The van der Waals surface area contributed by atoms with Gasteiger partial charge in [0, 0.05) is 18.2 Å². The molecule has 1 atom stereocenters. The highest BCUT2D eigenvalue weighted by Gasteiger charge is 2.31. The Balaban J connectivity index is 2.47. The highest BCUT2D eigenvalue weighted by molar-refractivity contribution is 5.51. The van der Waals surface area contributed by atoms with Crippen LogP contribution in [0, 0.1) is 0 Å². The van der Waals surface area contributed by atoms with Crippen molar-refractivity contribution in [2.75, 3.05) is 27.9 Å². The van der Waals surface area contributed by atoms with E-state index in [9.17, 15) is 0 Å². The lowest BCUT2D eigenvalue weighted by molar-refractivity contribution is 0.180. The average molecular weight is 265 g/mol. The molecule has 4 heteroatoms. The Hall–Kier alpha value is -1.26. The molecule has 106 valence electrons. The van der Waals surface area contributed by atoms with E-state index in [0.717, 1.165) is 30.0 Å². The molecule has 0 aliphatic carbocycles. The summed E-state index contributed by atoms with van der Waals surface area (Å²) in [4.78, 5) is 0. The normalized spacial score (nSPS) is 22.5. The minimum absolute atomic E-state index is 0.0159. The van der Waals surface area contributed by atoms with Gasteiger partial charge in [-0.05, 0) is 44.0 Å². The van der Waals surface area contributed by atoms with Gasteiger partial charge >= 0.3 is 0 Å². The van der Waals surface area contributed by atoms with E-state index >= 15 is 0 Å². The van der Waals surface area contributed by atoms with Crippen LogP contribution in [0.1, 0.15) is 30.9 Å². The van der Waals surface area contributed by atoms with Crippen molar-refractivity contribution in [3.05, 3.63) is 23.3 Å². The van der Waals surface area contributed by atoms with Crippen molar-refractivity contribution >= 4 is 0 Å². The third-order valence-electron chi connectivity index (χ3n) is 3.86. The summed E-state index contributed by atoms with van der Waals surface area (Å²) in [5, 5.41) is 3.57. The molecule has 0 bridgehead atoms. The molecular weight excluding hydrogens is 242 g/mol. The lowest BCUT2D eigenvalue weighted by Crippen LogP contribution is -2.33. The van der Waals surface area contributed by atoms with E-state index in [1.807, 2.05) is 0 Å². The minimum atomic E-state index is 0.0159. The van der Waals surface area contributed by atoms with Crippen LogP contribution in [0.4, 0.5) is 0 Å². The van der Waals surface area contributed by atoms with Gasteiger partial charge in [-0.3, -0.25) is 0 Å². The standard InChI is InChI=1S/C15H23NO3/c1-15(6-5-7-16-15)12-8-11(10-17-2)14(19-4)13(9-12)18-3/h8-9,16H,5-7,10H2,1-4H3. The lowest BCUT2D eigenvalue weighted by Gasteiger charge is -2.27. The van der Waals surface area contributed by atoms with Crippen LogP contribution in [0.3, 0.4) is 0 Å². The molecule has 0 saturated carbocycles. The molecule has 0 spiro atoms. The van der Waals surface area contributed by atoms with E-state index < -0.39 is 0 Å². The number of methoxy groups -OCH3 is 3. The second-order valence-corrected chi connectivity index (χ2v) is 5.17. The largest absolute Gasteiger partial charge is 0.493 e. The van der Waals surface area contributed by atoms with E-state index in [4.69, 9.17) is 14.2 Å². The molecule has 0 amide bonds. The Labute approximate surface area is 115 Å². The van der Waals surface area contributed by atoms with Gasteiger partial charge in [-0.15, -0.1) is 0 Å². The fourth-order valence-corrected chi connectivity index (χ4v) is 2.77. The van der Waals surface area contributed by atoms with Crippen molar-refractivity contribution in [3.8, 4) is 11.5 Å². The maximum atomic E-state index is 5.46. The predicted octanol–water partition coefficient (Wildman–Crippen LogP) is 2.45. The van der Waals surface area contributed by atoms with Gasteiger partial charge in [-0.2, -0.15) is 0 Å². The average Bonchev–Trinajstić information content (AvgIpc) is 2.86. The van der Waals surface area contributed by atoms with Crippen LogP contribution in [0.15, 0.2) is 12.1 Å². The summed E-state index contributed by atoms with van der Waals surface area (Å²) in [6, 6.07) is 4.22. The monoisotopic (exact) mass is 265 g/mol. The first-order chi connectivity index (χ1) is 9.14. The Morgan fingerprint density at radius 1 is 1.21 bits per heavy atom. The SMILES string of the molecule is COCc1cc(C2(C)CCCN2)cc(OC)c1OC. The van der Waals surface area contributed by atoms with Crippen LogP contribution < -0.4 is 14.8 Å². The number of hydrogen-bond acceptors (Lipinski definition) is 4. The summed E-state index contributed by atoms with van der Waals surface area (Å²) < 4.78 is 16.2. The zero-order chi connectivity index (χ0) is 13.9. The van der Waals surface area contributed by atoms with E-state index in [1.54, 1.807) is 21.3 Å². The molecule has 19 heavy (non-hydrogen) atoms. The summed E-state index contributed by atoms with van der Waals surface area (Å²) in [7, 11) is 5.02. The van der Waals surface area contributed by atoms with Gasteiger partial charge in [-0.25, -0.2) is 0 Å². The van der Waals surface area contributed by atoms with Crippen molar-refractivity contribution in [1.29, 1.82) is 0 Å². The van der Waals surface area contributed by atoms with Crippen LogP contribution in [-0.4, -0.2) is 27.9 Å². The summed E-state index contributed by atoms with van der Waals surface area (Å²) in [6.07, 6.45) is 2.33. The van der Waals surface area contributed by atoms with Crippen molar-refractivity contribution in [3.63, 3.8) is 0 Å². The smallest absolute Gasteiger partial charge is 0.166 e. The van der Waals surface area contributed by atoms with Crippen LogP contribution in [0.2, 0.25) is 0 Å². The fourth-order valence-electron chi connectivity index (χ4n) is 2.77. The van der Waals surface area contributed by atoms with Crippen LogP contribution in [0.25, 0.3) is 0 Å². The molecule has 0 aromatic heterocycles. The first-order valence-corrected chi connectivity index (χ1v) is 6.64. The summed E-state index contributed by atoms with van der Waals surface area (Å²) in [5.41, 5.74) is 2.27. The van der Waals surface area contributed by atoms with Gasteiger partial charge in [0.25, 0.3) is 0 Å². The molecule has 1 saturated heterocycles. The van der Waals surface area contributed by atoms with E-state index in [1.165, 1.54) is 12.0 Å². The van der Waals surface area contributed by atoms with Gasteiger partial charge < -0.3 is 19.5 Å². The number of rotatable bonds is 5. The first kappa shape index (κ1) is 14.2. The molecular formula is C15H23NO3. The maximum Gasteiger partial charge on any atom is 0.166 e. The number of ether oxygens (including phenoxy) is 3. The fraction of sp³-hybridized carbons (Fsp3) is 0.600. The Morgan fingerprint density at radius 3 is 2.53 bits per heavy atom. The summed E-state index contributed by atoms with van der Waals surface area (Å²) in [5.74, 6) is 1.52. The third-order valence-corrected chi connectivity index (χ3v) is 3.86. The van der Waals surface area contributed by atoms with Crippen molar-refractivity contribution in [2.45, 2.75) is 31.9 Å². The van der Waals surface area contributed by atoms with Crippen molar-refractivity contribution in [1.82, 2.24) is 5.32 Å². The Bertz CT molecular complexity index is 439.